The Kier molecular flexibility index (Phi) is 5.96. The molecule has 2 amide bonds. The van der Waals surface area contributed by atoms with Gasteiger partial charge in [-0.05, 0) is 11.6 Å². The zero-order valence-electron chi connectivity index (χ0n) is 15.6. The maximum Gasteiger partial charge on any atom is 0.225 e. The lowest BCUT2D eigenvalue weighted by Crippen LogP contribution is -2.32. The number of hydrogen-bond donors (Lipinski definition) is 1. The molecule has 1 aliphatic rings. The lowest BCUT2D eigenvalue weighted by molar-refractivity contribution is -0.129. The van der Waals surface area contributed by atoms with Crippen LogP contribution in [0, 0.1) is 5.92 Å². The van der Waals surface area contributed by atoms with E-state index in [-0.39, 0.29) is 24.2 Å². The highest BCUT2D eigenvalue weighted by Crippen LogP contribution is 2.30. The highest BCUT2D eigenvalue weighted by Gasteiger charge is 2.34. The fourth-order valence-corrected chi connectivity index (χ4v) is 3.32. The first kappa shape index (κ1) is 18.8. The number of ether oxygens (including phenoxy) is 2. The summed E-state index contributed by atoms with van der Waals surface area (Å²) in [7, 11) is 3.14. The number of likely N-dealkylation sites (tertiary alicyclic amines) is 1. The second-order valence-corrected chi connectivity index (χ2v) is 6.53. The number of nitrogens with one attached hydrogen (secondary N) is 1. The molecule has 3 rings (SSSR count). The van der Waals surface area contributed by atoms with Gasteiger partial charge in [-0.25, -0.2) is 0 Å². The van der Waals surface area contributed by atoms with E-state index in [1.54, 1.807) is 25.2 Å². The van der Waals surface area contributed by atoms with Crippen molar-refractivity contribution in [3.8, 4) is 11.5 Å². The molecule has 6 heteroatoms. The van der Waals surface area contributed by atoms with Crippen LogP contribution in [0.25, 0.3) is 0 Å². The Morgan fingerprint density at radius 3 is 2.59 bits per heavy atom. The molecule has 1 unspecified atom stereocenters. The van der Waals surface area contributed by atoms with Crippen LogP contribution < -0.4 is 14.8 Å². The quantitative estimate of drug-likeness (QED) is 0.815. The summed E-state index contributed by atoms with van der Waals surface area (Å²) in [6.07, 6.45) is 0.244. The molecule has 1 atom stereocenters. The summed E-state index contributed by atoms with van der Waals surface area (Å²) in [5.74, 6) is 0.780. The highest BCUT2D eigenvalue weighted by atomic mass is 16.5. The summed E-state index contributed by atoms with van der Waals surface area (Å²) >= 11 is 0. The number of benzene rings is 2. The van der Waals surface area contributed by atoms with Crippen LogP contribution >= 0.6 is 0 Å². The number of methoxy groups -OCH3 is 2. The van der Waals surface area contributed by atoms with E-state index in [0.29, 0.717) is 31.1 Å². The molecular weight excluding hydrogens is 344 g/mol. The average Bonchev–Trinajstić information content (AvgIpc) is 3.06. The van der Waals surface area contributed by atoms with Crippen LogP contribution in [-0.2, 0) is 22.7 Å². The van der Waals surface area contributed by atoms with Crippen molar-refractivity contribution >= 4 is 11.8 Å². The third-order valence-electron chi connectivity index (χ3n) is 4.74. The predicted molar refractivity (Wildman–Crippen MR) is 101 cm³/mol. The minimum absolute atomic E-state index is 0.0120. The Morgan fingerprint density at radius 1 is 1.11 bits per heavy atom. The minimum Gasteiger partial charge on any atom is -0.493 e. The predicted octanol–water partition coefficient (Wildman–Crippen LogP) is 2.37. The third-order valence-corrected chi connectivity index (χ3v) is 4.74. The molecular formula is C21H24N2O4. The second-order valence-electron chi connectivity index (χ2n) is 6.53. The van der Waals surface area contributed by atoms with Gasteiger partial charge in [0.1, 0.15) is 0 Å². The van der Waals surface area contributed by atoms with Crippen molar-refractivity contribution < 1.29 is 19.1 Å². The molecule has 1 N–H and O–H groups in total. The number of para-hydroxylation sites is 1. The van der Waals surface area contributed by atoms with Crippen LogP contribution in [0.4, 0.5) is 0 Å². The van der Waals surface area contributed by atoms with Crippen LogP contribution in [0.3, 0.4) is 0 Å². The molecule has 27 heavy (non-hydrogen) atoms. The zero-order valence-corrected chi connectivity index (χ0v) is 15.6. The van der Waals surface area contributed by atoms with Gasteiger partial charge >= 0.3 is 0 Å². The van der Waals surface area contributed by atoms with Crippen molar-refractivity contribution in [3.05, 3.63) is 59.7 Å². The summed E-state index contributed by atoms with van der Waals surface area (Å²) in [6.45, 7) is 1.30. The molecule has 142 valence electrons. The Morgan fingerprint density at radius 2 is 1.89 bits per heavy atom. The first-order valence-corrected chi connectivity index (χ1v) is 8.91. The van der Waals surface area contributed by atoms with Crippen LogP contribution in [0.2, 0.25) is 0 Å². The molecule has 2 aromatic rings. The fraction of sp³-hybridized carbons (Fsp3) is 0.333. The fourth-order valence-electron chi connectivity index (χ4n) is 3.32. The van der Waals surface area contributed by atoms with Gasteiger partial charge in [-0.2, -0.15) is 0 Å². The normalized spacial score (nSPS) is 16.3. The largest absolute Gasteiger partial charge is 0.493 e. The van der Waals surface area contributed by atoms with Crippen molar-refractivity contribution in [2.75, 3.05) is 20.8 Å². The number of nitrogens with zero attached hydrogens (tertiary/aromatic N) is 1. The first-order valence-electron chi connectivity index (χ1n) is 8.91. The van der Waals surface area contributed by atoms with E-state index in [1.807, 2.05) is 42.5 Å². The molecule has 0 aromatic heterocycles. The summed E-state index contributed by atoms with van der Waals surface area (Å²) in [6, 6.07) is 15.3. The lowest BCUT2D eigenvalue weighted by Gasteiger charge is -2.17. The van der Waals surface area contributed by atoms with Gasteiger partial charge in [0.15, 0.2) is 11.5 Å². The van der Waals surface area contributed by atoms with Crippen LogP contribution in [0.15, 0.2) is 48.5 Å². The van der Waals surface area contributed by atoms with Gasteiger partial charge in [0.2, 0.25) is 11.8 Å². The number of amides is 2. The Balaban J connectivity index is 1.58. The topological polar surface area (TPSA) is 67.9 Å². The maximum absolute atomic E-state index is 12.6. The van der Waals surface area contributed by atoms with Crippen molar-refractivity contribution in [2.45, 2.75) is 19.5 Å². The van der Waals surface area contributed by atoms with Gasteiger partial charge in [-0.15, -0.1) is 0 Å². The minimum atomic E-state index is -0.335. The standard InChI is InChI=1S/C21H24N2O4/c1-26-18-10-6-9-16(20(18)27-2)12-22-21(25)17-11-19(24)23(14-17)13-15-7-4-3-5-8-15/h3-10,17H,11-14H2,1-2H3,(H,22,25). The van der Waals surface area contributed by atoms with Crippen molar-refractivity contribution in [1.29, 1.82) is 0 Å². The molecule has 0 bridgehead atoms. The number of carbonyl (C=O) groups is 2. The molecule has 1 fully saturated rings. The molecule has 2 aromatic carbocycles. The van der Waals surface area contributed by atoms with Crippen molar-refractivity contribution in [2.24, 2.45) is 5.92 Å². The number of rotatable bonds is 7. The molecule has 0 saturated carbocycles. The van der Waals surface area contributed by atoms with Crippen LogP contribution in [0.5, 0.6) is 11.5 Å². The zero-order chi connectivity index (χ0) is 19.2. The monoisotopic (exact) mass is 368 g/mol. The number of hydrogen-bond acceptors (Lipinski definition) is 4. The van der Waals surface area contributed by atoms with E-state index < -0.39 is 0 Å². The molecule has 0 spiro atoms. The van der Waals surface area contributed by atoms with Gasteiger partial charge in [0, 0.05) is 31.6 Å². The average molecular weight is 368 g/mol. The lowest BCUT2D eigenvalue weighted by atomic mass is 10.1. The van der Waals surface area contributed by atoms with Gasteiger partial charge < -0.3 is 19.7 Å². The van der Waals surface area contributed by atoms with Gasteiger partial charge in [0.25, 0.3) is 0 Å². The second kappa shape index (κ2) is 8.58. The van der Waals surface area contributed by atoms with E-state index in [9.17, 15) is 9.59 Å². The van der Waals surface area contributed by atoms with Gasteiger partial charge in [0.05, 0.1) is 20.1 Å². The van der Waals surface area contributed by atoms with E-state index in [2.05, 4.69) is 5.32 Å². The van der Waals surface area contributed by atoms with E-state index >= 15 is 0 Å². The molecule has 1 aliphatic heterocycles. The maximum atomic E-state index is 12.6. The summed E-state index contributed by atoms with van der Waals surface area (Å²) in [5.41, 5.74) is 1.89. The van der Waals surface area contributed by atoms with Gasteiger partial charge in [-0.3, -0.25) is 9.59 Å². The molecule has 1 heterocycles. The SMILES string of the molecule is COc1cccc(CNC(=O)C2CC(=O)N(Cc3ccccc3)C2)c1OC. The van der Waals surface area contributed by atoms with Crippen molar-refractivity contribution in [3.63, 3.8) is 0 Å². The van der Waals surface area contributed by atoms with E-state index in [1.165, 1.54) is 0 Å². The van der Waals surface area contributed by atoms with Crippen LogP contribution in [-0.4, -0.2) is 37.5 Å². The van der Waals surface area contributed by atoms with E-state index in [4.69, 9.17) is 9.47 Å². The van der Waals surface area contributed by atoms with Gasteiger partial charge in [-0.1, -0.05) is 42.5 Å². The highest BCUT2D eigenvalue weighted by molar-refractivity contribution is 5.89. The molecule has 0 aliphatic carbocycles. The molecule has 1 saturated heterocycles. The Hall–Kier alpha value is -3.02. The smallest absolute Gasteiger partial charge is 0.225 e. The Labute approximate surface area is 159 Å². The summed E-state index contributed by atoms with van der Waals surface area (Å²) in [4.78, 5) is 26.6. The molecule has 6 nitrogen and oxygen atoms in total. The third kappa shape index (κ3) is 4.39. The Bertz CT molecular complexity index is 807. The van der Waals surface area contributed by atoms with Crippen molar-refractivity contribution in [1.82, 2.24) is 10.2 Å². The molecule has 0 radical (unpaired) electrons. The first-order chi connectivity index (χ1) is 13.1. The summed E-state index contributed by atoms with van der Waals surface area (Å²) in [5, 5.41) is 2.92. The summed E-state index contributed by atoms with van der Waals surface area (Å²) < 4.78 is 10.7. The number of carbonyl (C=O) groups excluding carboxylic acids is 2. The van der Waals surface area contributed by atoms with Crippen LogP contribution in [0.1, 0.15) is 17.5 Å². The van der Waals surface area contributed by atoms with E-state index in [0.717, 1.165) is 11.1 Å².